The molecule has 1 unspecified atom stereocenters. The highest BCUT2D eigenvalue weighted by Crippen LogP contribution is 2.22. The quantitative estimate of drug-likeness (QED) is 0.904. The van der Waals surface area contributed by atoms with Crippen molar-refractivity contribution in [3.63, 3.8) is 0 Å². The molecule has 114 valence electrons. The number of ether oxygens (including phenoxy) is 1. The highest BCUT2D eigenvalue weighted by molar-refractivity contribution is 5.34. The van der Waals surface area contributed by atoms with Crippen LogP contribution in [-0.4, -0.2) is 41.3 Å². The predicted octanol–water partition coefficient (Wildman–Crippen LogP) is 2.56. The van der Waals surface area contributed by atoms with Crippen LogP contribution in [0.4, 0.5) is 0 Å². The third kappa shape index (κ3) is 4.45. The lowest BCUT2D eigenvalue weighted by atomic mass is 9.97. The highest BCUT2D eigenvalue weighted by atomic mass is 16.5. The van der Waals surface area contributed by atoms with Crippen molar-refractivity contribution in [2.75, 3.05) is 13.2 Å². The van der Waals surface area contributed by atoms with Crippen LogP contribution in [0.25, 0.3) is 0 Å². The molecule has 1 aliphatic rings. The average molecular weight is 288 g/mol. The summed E-state index contributed by atoms with van der Waals surface area (Å²) in [6.07, 6.45) is 3.18. The summed E-state index contributed by atoms with van der Waals surface area (Å²) in [4.78, 5) is 2.37. The van der Waals surface area contributed by atoms with E-state index in [1.807, 2.05) is 0 Å². The van der Waals surface area contributed by atoms with E-state index in [1.54, 1.807) is 24.3 Å². The molecule has 0 amide bonds. The highest BCUT2D eigenvalue weighted by Gasteiger charge is 2.26. The van der Waals surface area contributed by atoms with E-state index in [0.717, 1.165) is 0 Å². The van der Waals surface area contributed by atoms with Crippen LogP contribution in [0.2, 0.25) is 0 Å². The van der Waals surface area contributed by atoms with E-state index >= 15 is 0 Å². The van der Waals surface area contributed by atoms with Gasteiger partial charge >= 0.3 is 0 Å². The van der Waals surface area contributed by atoms with Crippen molar-refractivity contribution in [1.82, 2.24) is 4.90 Å². The first-order chi connectivity index (χ1) is 10.1. The van der Waals surface area contributed by atoms with Gasteiger partial charge in [0.2, 0.25) is 0 Å². The number of piperidine rings is 1. The first-order valence-corrected chi connectivity index (χ1v) is 7.67. The number of nitriles is 1. The number of benzene rings is 1. The van der Waals surface area contributed by atoms with Crippen molar-refractivity contribution in [2.24, 2.45) is 0 Å². The fourth-order valence-electron chi connectivity index (χ4n) is 2.95. The van der Waals surface area contributed by atoms with Crippen molar-refractivity contribution in [1.29, 1.82) is 5.26 Å². The molecular formula is C17H24N2O2. The zero-order valence-electron chi connectivity index (χ0n) is 12.8. The number of hydrogen-bond donors (Lipinski definition) is 1. The van der Waals surface area contributed by atoms with E-state index in [0.29, 0.717) is 29.9 Å². The van der Waals surface area contributed by atoms with Crippen molar-refractivity contribution in [2.45, 2.75) is 51.3 Å². The van der Waals surface area contributed by atoms with Crippen LogP contribution >= 0.6 is 0 Å². The van der Waals surface area contributed by atoms with E-state index < -0.39 is 6.10 Å². The molecule has 4 heteroatoms. The molecule has 0 aliphatic carbocycles. The molecule has 2 rings (SSSR count). The molecule has 1 aliphatic heterocycles. The van der Waals surface area contributed by atoms with Crippen molar-refractivity contribution >= 4 is 0 Å². The van der Waals surface area contributed by atoms with Gasteiger partial charge in [0.15, 0.2) is 0 Å². The topological polar surface area (TPSA) is 56.5 Å². The Labute approximate surface area is 127 Å². The van der Waals surface area contributed by atoms with Crippen LogP contribution in [0.3, 0.4) is 0 Å². The number of β-amino-alcohol motifs (C(OH)–C–C–N with tert-alkyl or cyclic N) is 1. The summed E-state index contributed by atoms with van der Waals surface area (Å²) < 4.78 is 5.59. The molecule has 0 saturated carbocycles. The molecule has 1 N–H and O–H groups in total. The minimum atomic E-state index is -0.497. The molecule has 4 nitrogen and oxygen atoms in total. The summed E-state index contributed by atoms with van der Waals surface area (Å²) in [5.41, 5.74) is 0.610. The lowest BCUT2D eigenvalue weighted by Crippen LogP contribution is -2.48. The first kappa shape index (κ1) is 15.8. The molecule has 0 radical (unpaired) electrons. The average Bonchev–Trinajstić information content (AvgIpc) is 2.49. The van der Waals surface area contributed by atoms with E-state index in [9.17, 15) is 5.11 Å². The second-order valence-electron chi connectivity index (χ2n) is 5.93. The Morgan fingerprint density at radius 2 is 1.90 bits per heavy atom. The van der Waals surface area contributed by atoms with Gasteiger partial charge in [0.25, 0.3) is 0 Å². The van der Waals surface area contributed by atoms with Gasteiger partial charge in [-0.1, -0.05) is 6.42 Å². The molecule has 0 spiro atoms. The maximum atomic E-state index is 10.2. The minimum absolute atomic E-state index is 0.280. The van der Waals surface area contributed by atoms with Crippen molar-refractivity contribution in [3.8, 4) is 11.8 Å². The molecular weight excluding hydrogens is 264 g/mol. The van der Waals surface area contributed by atoms with Gasteiger partial charge in [-0.25, -0.2) is 0 Å². The van der Waals surface area contributed by atoms with Crippen LogP contribution in [0.15, 0.2) is 24.3 Å². The number of aliphatic hydroxyl groups excluding tert-OH is 1. The monoisotopic (exact) mass is 288 g/mol. The van der Waals surface area contributed by atoms with Crippen LogP contribution < -0.4 is 4.74 Å². The molecule has 3 atom stereocenters. The summed E-state index contributed by atoms with van der Waals surface area (Å²) in [6, 6.07) is 10.1. The Balaban J connectivity index is 1.81. The van der Waals surface area contributed by atoms with Gasteiger partial charge in [-0.2, -0.15) is 5.26 Å². The van der Waals surface area contributed by atoms with Gasteiger partial charge in [0.05, 0.1) is 11.6 Å². The van der Waals surface area contributed by atoms with Crippen LogP contribution in [0, 0.1) is 11.3 Å². The second kappa shape index (κ2) is 7.44. The summed E-state index contributed by atoms with van der Waals surface area (Å²) in [7, 11) is 0. The zero-order chi connectivity index (χ0) is 15.2. The smallest absolute Gasteiger partial charge is 0.119 e. The standard InChI is InChI=1S/C17H24N2O2/c1-13-4-3-5-14(2)19(13)11-16(20)12-21-17-8-6-15(10-18)7-9-17/h6-9,13-14,16,20H,3-5,11-12H2,1-2H3/t13-,14+,16?. The Morgan fingerprint density at radius 1 is 1.29 bits per heavy atom. The molecule has 1 heterocycles. The van der Waals surface area contributed by atoms with Gasteiger partial charge < -0.3 is 9.84 Å². The van der Waals surface area contributed by atoms with E-state index in [4.69, 9.17) is 10.00 Å². The third-order valence-corrected chi connectivity index (χ3v) is 4.22. The Hall–Kier alpha value is -1.57. The number of hydrogen-bond acceptors (Lipinski definition) is 4. The lowest BCUT2D eigenvalue weighted by Gasteiger charge is -2.40. The molecule has 0 bridgehead atoms. The molecule has 21 heavy (non-hydrogen) atoms. The summed E-state index contributed by atoms with van der Waals surface area (Å²) in [5.74, 6) is 0.688. The molecule has 1 aromatic rings. The Kier molecular flexibility index (Phi) is 5.60. The van der Waals surface area contributed by atoms with Gasteiger partial charge in [0.1, 0.15) is 18.5 Å². The molecule has 1 saturated heterocycles. The Bertz CT molecular complexity index is 471. The molecule has 1 aromatic carbocycles. The fraction of sp³-hybridized carbons (Fsp3) is 0.588. The van der Waals surface area contributed by atoms with Gasteiger partial charge in [0, 0.05) is 18.6 Å². The van der Waals surface area contributed by atoms with Crippen LogP contribution in [0.5, 0.6) is 5.75 Å². The van der Waals surface area contributed by atoms with E-state index in [2.05, 4.69) is 24.8 Å². The SMILES string of the molecule is C[C@@H]1CCC[C@H](C)N1CC(O)COc1ccc(C#N)cc1. The second-order valence-corrected chi connectivity index (χ2v) is 5.93. The Morgan fingerprint density at radius 3 is 2.48 bits per heavy atom. The van der Waals surface area contributed by atoms with E-state index in [-0.39, 0.29) is 6.61 Å². The zero-order valence-corrected chi connectivity index (χ0v) is 12.8. The largest absolute Gasteiger partial charge is 0.491 e. The number of rotatable bonds is 5. The maximum Gasteiger partial charge on any atom is 0.119 e. The molecule has 0 aromatic heterocycles. The minimum Gasteiger partial charge on any atom is -0.491 e. The fourth-order valence-corrected chi connectivity index (χ4v) is 2.95. The van der Waals surface area contributed by atoms with E-state index in [1.165, 1.54) is 19.3 Å². The molecule has 1 fully saturated rings. The number of nitrogens with zero attached hydrogens (tertiary/aromatic N) is 2. The summed E-state index contributed by atoms with van der Waals surface area (Å²) in [6.45, 7) is 5.38. The number of aliphatic hydroxyl groups is 1. The predicted molar refractivity (Wildman–Crippen MR) is 82.1 cm³/mol. The summed E-state index contributed by atoms with van der Waals surface area (Å²) in [5, 5.41) is 18.9. The van der Waals surface area contributed by atoms with Gasteiger partial charge in [-0.05, 0) is 51.0 Å². The summed E-state index contributed by atoms with van der Waals surface area (Å²) >= 11 is 0. The maximum absolute atomic E-state index is 10.2. The normalized spacial score (nSPS) is 24.3. The number of likely N-dealkylation sites (tertiary alicyclic amines) is 1. The van der Waals surface area contributed by atoms with Crippen LogP contribution in [0.1, 0.15) is 38.7 Å². The van der Waals surface area contributed by atoms with Gasteiger partial charge in [-0.15, -0.1) is 0 Å². The van der Waals surface area contributed by atoms with Crippen molar-refractivity contribution < 1.29 is 9.84 Å². The van der Waals surface area contributed by atoms with Gasteiger partial charge in [-0.3, -0.25) is 4.90 Å². The third-order valence-electron chi connectivity index (χ3n) is 4.22. The van der Waals surface area contributed by atoms with Crippen LogP contribution in [-0.2, 0) is 0 Å². The first-order valence-electron chi connectivity index (χ1n) is 7.67. The lowest BCUT2D eigenvalue weighted by molar-refractivity contribution is 0.0209. The van der Waals surface area contributed by atoms with Crippen molar-refractivity contribution in [3.05, 3.63) is 29.8 Å².